The van der Waals surface area contributed by atoms with Crippen LogP contribution in [0.1, 0.15) is 0 Å². The van der Waals surface area contributed by atoms with E-state index >= 15 is 0 Å². The molecule has 0 aromatic heterocycles. The fraction of sp³-hybridized carbons (Fsp3) is 0.833. The number of carbonyl (C=O) groups excluding carboxylic acids is 1. The molecule has 0 fully saturated rings. The number of phosphoric ester groups is 1. The van der Waals surface area contributed by atoms with E-state index < -0.39 is 45.1 Å². The zero-order valence-electron chi connectivity index (χ0n) is 8.96. The predicted molar refractivity (Wildman–Crippen MR) is 45.9 cm³/mol. The van der Waals surface area contributed by atoms with Gasteiger partial charge in [-0.3, -0.25) is 9.36 Å². The first-order valence-corrected chi connectivity index (χ1v) is 5.54. The molecule has 0 aliphatic carbocycles. The second kappa shape index (κ2) is 8.68. The van der Waals surface area contributed by atoms with E-state index in [1.165, 1.54) is 0 Å². The molecule has 11 heteroatoms. The molecule has 0 saturated carbocycles. The van der Waals surface area contributed by atoms with Gasteiger partial charge in [-0.15, -0.1) is 0 Å². The number of hydrogen-bond acceptors (Lipinski definition) is 8. The Kier molecular flexibility index (Phi) is 10.2. The summed E-state index contributed by atoms with van der Waals surface area (Å²) < 4.78 is 13.9. The smallest absolute Gasteiger partial charge is 0.756 e. The molecule has 4 atom stereocenters. The SMILES string of the molecule is O=C(CO)[C@H](O)[C@H](O)[C@H](O)COP(=O)([O-])O.[Na+]. The third-order valence-corrected chi connectivity index (χ3v) is 2.09. The van der Waals surface area contributed by atoms with Crippen molar-refractivity contribution in [2.75, 3.05) is 13.2 Å². The zero-order valence-corrected chi connectivity index (χ0v) is 11.9. The van der Waals surface area contributed by atoms with Crippen molar-refractivity contribution in [3.63, 3.8) is 0 Å². The monoisotopic (exact) mass is 282 g/mol. The maximum atomic E-state index is 10.7. The van der Waals surface area contributed by atoms with Gasteiger partial charge in [0.1, 0.15) is 24.9 Å². The average molecular weight is 282 g/mol. The van der Waals surface area contributed by atoms with Gasteiger partial charge in [0, 0.05) is 0 Å². The second-order valence-electron chi connectivity index (χ2n) is 2.89. The van der Waals surface area contributed by atoms with E-state index in [-0.39, 0.29) is 29.6 Å². The second-order valence-corrected chi connectivity index (χ2v) is 4.09. The van der Waals surface area contributed by atoms with Gasteiger partial charge in [0.05, 0.1) is 6.61 Å². The summed E-state index contributed by atoms with van der Waals surface area (Å²) in [4.78, 5) is 29.0. The third kappa shape index (κ3) is 8.36. The summed E-state index contributed by atoms with van der Waals surface area (Å²) in [6.07, 6.45) is -6.03. The van der Waals surface area contributed by atoms with Crippen molar-refractivity contribution < 1.29 is 73.7 Å². The van der Waals surface area contributed by atoms with Crippen LogP contribution in [0, 0.1) is 0 Å². The summed E-state index contributed by atoms with van der Waals surface area (Å²) in [6.45, 7) is -2.08. The Morgan fingerprint density at radius 3 is 2.18 bits per heavy atom. The summed E-state index contributed by atoms with van der Waals surface area (Å²) in [5.41, 5.74) is 0. The normalized spacial score (nSPS) is 19.6. The van der Waals surface area contributed by atoms with E-state index in [1.807, 2.05) is 0 Å². The van der Waals surface area contributed by atoms with E-state index in [9.17, 15) is 14.3 Å². The summed E-state index contributed by atoms with van der Waals surface area (Å²) in [5, 5.41) is 35.5. The van der Waals surface area contributed by atoms with Gasteiger partial charge >= 0.3 is 29.6 Å². The molecule has 0 spiro atoms. The molecule has 17 heavy (non-hydrogen) atoms. The van der Waals surface area contributed by atoms with Crippen LogP contribution in [0.5, 0.6) is 0 Å². The van der Waals surface area contributed by atoms with Crippen molar-refractivity contribution in [1.29, 1.82) is 0 Å². The number of aliphatic hydroxyl groups is 4. The summed E-state index contributed by atoms with van der Waals surface area (Å²) in [6, 6.07) is 0. The van der Waals surface area contributed by atoms with Crippen molar-refractivity contribution in [3.8, 4) is 0 Å². The Morgan fingerprint density at radius 2 is 1.82 bits per heavy atom. The zero-order chi connectivity index (χ0) is 12.9. The quantitative estimate of drug-likeness (QED) is 0.225. The molecular formula is C6H12NaO9P. The van der Waals surface area contributed by atoms with Gasteiger partial charge < -0.3 is 34.7 Å². The minimum atomic E-state index is -5.06. The first kappa shape index (κ1) is 19.9. The van der Waals surface area contributed by atoms with Crippen LogP contribution in [0.25, 0.3) is 0 Å². The molecule has 0 aliphatic heterocycles. The van der Waals surface area contributed by atoms with Crippen molar-refractivity contribution in [1.82, 2.24) is 0 Å². The molecule has 1 unspecified atom stereocenters. The first-order chi connectivity index (χ1) is 7.19. The van der Waals surface area contributed by atoms with Gasteiger partial charge in [-0.2, -0.15) is 0 Å². The predicted octanol–water partition coefficient (Wildman–Crippen LogP) is -6.89. The van der Waals surface area contributed by atoms with Gasteiger partial charge in [-0.05, 0) is 0 Å². The fourth-order valence-electron chi connectivity index (χ4n) is 0.764. The van der Waals surface area contributed by atoms with Crippen LogP contribution in [-0.2, 0) is 13.9 Å². The molecule has 0 bridgehead atoms. The van der Waals surface area contributed by atoms with Crippen LogP contribution in [0.4, 0.5) is 0 Å². The van der Waals surface area contributed by atoms with Gasteiger partial charge in [0.2, 0.25) is 0 Å². The number of hydrogen-bond donors (Lipinski definition) is 5. The Hall–Kier alpha value is 0.620. The number of ketones is 1. The van der Waals surface area contributed by atoms with E-state index in [4.69, 9.17) is 25.3 Å². The molecule has 0 aromatic rings. The molecule has 0 radical (unpaired) electrons. The van der Waals surface area contributed by atoms with Crippen molar-refractivity contribution in [3.05, 3.63) is 0 Å². The van der Waals surface area contributed by atoms with Crippen molar-refractivity contribution in [2.24, 2.45) is 0 Å². The average Bonchev–Trinajstić information content (AvgIpc) is 2.21. The minimum Gasteiger partial charge on any atom is -0.756 e. The van der Waals surface area contributed by atoms with Crippen LogP contribution in [0.2, 0.25) is 0 Å². The Bertz CT molecular complexity index is 279. The Morgan fingerprint density at radius 1 is 1.35 bits per heavy atom. The van der Waals surface area contributed by atoms with Gasteiger partial charge in [0.15, 0.2) is 5.78 Å². The van der Waals surface area contributed by atoms with Crippen LogP contribution >= 0.6 is 7.82 Å². The molecule has 0 amide bonds. The number of phosphoric acid groups is 1. The Labute approximate surface area is 119 Å². The molecule has 0 aliphatic rings. The maximum absolute atomic E-state index is 10.7. The minimum absolute atomic E-state index is 0. The summed E-state index contributed by atoms with van der Waals surface area (Å²) >= 11 is 0. The number of aliphatic hydroxyl groups excluding tert-OH is 4. The van der Waals surface area contributed by atoms with Crippen LogP contribution in [-0.4, -0.2) is 62.6 Å². The van der Waals surface area contributed by atoms with E-state index in [1.54, 1.807) is 0 Å². The van der Waals surface area contributed by atoms with E-state index in [0.717, 1.165) is 0 Å². The molecule has 9 nitrogen and oxygen atoms in total. The van der Waals surface area contributed by atoms with Crippen LogP contribution in [0.3, 0.4) is 0 Å². The van der Waals surface area contributed by atoms with E-state index in [2.05, 4.69) is 4.52 Å². The number of rotatable bonds is 7. The summed E-state index contributed by atoms with van der Waals surface area (Å²) in [7, 11) is -5.06. The van der Waals surface area contributed by atoms with Crippen LogP contribution in [0.15, 0.2) is 0 Å². The third-order valence-electron chi connectivity index (χ3n) is 1.61. The standard InChI is InChI=1S/C6H13O9P.Na/c7-1-3(8)5(10)6(11)4(9)2-15-16(12,13)14;/h4-7,9-11H,1-2H2,(H2,12,13,14);/q;+1/p-1/t4-,5+,6-;/m1./s1. The maximum Gasteiger partial charge on any atom is 1.00 e. The molecule has 0 rings (SSSR count). The summed E-state index contributed by atoms with van der Waals surface area (Å²) in [5.74, 6) is -1.15. The molecule has 5 N–H and O–H groups in total. The first-order valence-electron chi connectivity index (χ1n) is 4.05. The molecule has 0 aromatic carbocycles. The molecular weight excluding hydrogens is 270 g/mol. The fourth-order valence-corrected chi connectivity index (χ4v) is 1.10. The molecule has 0 saturated heterocycles. The van der Waals surface area contributed by atoms with Gasteiger partial charge in [-0.1, -0.05) is 0 Å². The van der Waals surface area contributed by atoms with Crippen LogP contribution < -0.4 is 34.5 Å². The van der Waals surface area contributed by atoms with Crippen molar-refractivity contribution in [2.45, 2.75) is 18.3 Å². The largest absolute Gasteiger partial charge is 1.00 e. The molecule has 96 valence electrons. The topological polar surface area (TPSA) is 168 Å². The van der Waals surface area contributed by atoms with Gasteiger partial charge in [-0.25, -0.2) is 0 Å². The van der Waals surface area contributed by atoms with E-state index in [0.29, 0.717) is 0 Å². The van der Waals surface area contributed by atoms with Crippen molar-refractivity contribution >= 4 is 13.6 Å². The Balaban J connectivity index is 0. The number of Topliss-reactive ketones (excluding diaryl/α,β-unsaturated/α-hetero) is 1. The van der Waals surface area contributed by atoms with Gasteiger partial charge in [0.25, 0.3) is 7.82 Å². The number of carbonyl (C=O) groups is 1. The molecule has 0 heterocycles.